The molecular weight excluding hydrogens is 362 g/mol. The molecule has 2 amide bonds. The SMILES string of the molecule is Cc1onc(-c2ccccc2)c1C(=O)N1CCCC1c1ccc(C(N)=O)s1. The third kappa shape index (κ3) is 3.14. The number of nitrogens with two attached hydrogens (primary N) is 1. The molecular formula is C20H19N3O3S. The fourth-order valence-electron chi connectivity index (χ4n) is 3.53. The second kappa shape index (κ2) is 7.00. The zero-order valence-corrected chi connectivity index (χ0v) is 15.7. The Kier molecular flexibility index (Phi) is 4.53. The minimum absolute atomic E-state index is 0.0616. The van der Waals surface area contributed by atoms with Gasteiger partial charge in [0.05, 0.1) is 10.9 Å². The molecule has 0 radical (unpaired) electrons. The monoisotopic (exact) mass is 381 g/mol. The van der Waals surface area contributed by atoms with E-state index in [4.69, 9.17) is 10.3 Å². The highest BCUT2D eigenvalue weighted by atomic mass is 32.1. The number of thiophene rings is 1. The van der Waals surface area contributed by atoms with Crippen molar-refractivity contribution < 1.29 is 14.1 Å². The number of carbonyl (C=O) groups is 2. The van der Waals surface area contributed by atoms with Gasteiger partial charge in [-0.3, -0.25) is 9.59 Å². The molecule has 1 fully saturated rings. The van der Waals surface area contributed by atoms with E-state index < -0.39 is 5.91 Å². The summed E-state index contributed by atoms with van der Waals surface area (Å²) in [4.78, 5) is 28.1. The van der Waals surface area contributed by atoms with Crippen molar-refractivity contribution in [2.75, 3.05) is 6.54 Å². The Labute approximate surface area is 160 Å². The molecule has 1 atom stereocenters. The molecule has 138 valence electrons. The van der Waals surface area contributed by atoms with Crippen LogP contribution < -0.4 is 5.73 Å². The summed E-state index contributed by atoms with van der Waals surface area (Å²) in [5.74, 6) is -0.0268. The van der Waals surface area contributed by atoms with Gasteiger partial charge in [-0.2, -0.15) is 0 Å². The Morgan fingerprint density at radius 2 is 2.00 bits per heavy atom. The summed E-state index contributed by atoms with van der Waals surface area (Å²) in [6.07, 6.45) is 1.76. The van der Waals surface area contributed by atoms with Gasteiger partial charge in [-0.15, -0.1) is 11.3 Å². The van der Waals surface area contributed by atoms with E-state index in [0.29, 0.717) is 28.4 Å². The number of nitrogens with zero attached hydrogens (tertiary/aromatic N) is 2. The predicted molar refractivity (Wildman–Crippen MR) is 103 cm³/mol. The second-order valence-corrected chi connectivity index (χ2v) is 7.67. The number of hydrogen-bond acceptors (Lipinski definition) is 5. The fourth-order valence-corrected chi connectivity index (χ4v) is 4.54. The molecule has 1 unspecified atom stereocenters. The van der Waals surface area contributed by atoms with Gasteiger partial charge in [0.1, 0.15) is 17.0 Å². The molecule has 0 spiro atoms. The minimum atomic E-state index is -0.441. The van der Waals surface area contributed by atoms with Gasteiger partial charge in [0.25, 0.3) is 11.8 Å². The molecule has 6 nitrogen and oxygen atoms in total. The Morgan fingerprint density at radius 3 is 2.70 bits per heavy atom. The third-order valence-corrected chi connectivity index (χ3v) is 6.04. The molecule has 1 aliphatic heterocycles. The van der Waals surface area contributed by atoms with E-state index in [9.17, 15) is 9.59 Å². The van der Waals surface area contributed by atoms with Crippen LogP contribution in [0.25, 0.3) is 11.3 Å². The van der Waals surface area contributed by atoms with Crippen LogP contribution in [0.4, 0.5) is 0 Å². The van der Waals surface area contributed by atoms with Gasteiger partial charge in [-0.05, 0) is 31.9 Å². The van der Waals surface area contributed by atoms with Crippen molar-refractivity contribution >= 4 is 23.2 Å². The van der Waals surface area contributed by atoms with Gasteiger partial charge in [-0.25, -0.2) is 0 Å². The smallest absolute Gasteiger partial charge is 0.260 e. The van der Waals surface area contributed by atoms with Crippen LogP contribution in [0, 0.1) is 6.92 Å². The van der Waals surface area contributed by atoms with Gasteiger partial charge in [-0.1, -0.05) is 35.5 Å². The number of hydrogen-bond donors (Lipinski definition) is 1. The van der Waals surface area contributed by atoms with Crippen LogP contribution in [0.5, 0.6) is 0 Å². The summed E-state index contributed by atoms with van der Waals surface area (Å²) >= 11 is 1.35. The lowest BCUT2D eigenvalue weighted by atomic mass is 10.0. The number of amides is 2. The largest absolute Gasteiger partial charge is 0.365 e. The van der Waals surface area contributed by atoms with Crippen LogP contribution in [0.1, 0.15) is 49.6 Å². The summed E-state index contributed by atoms with van der Waals surface area (Å²) in [5.41, 5.74) is 7.28. The van der Waals surface area contributed by atoms with Crippen molar-refractivity contribution in [3.05, 3.63) is 63.5 Å². The first-order valence-electron chi connectivity index (χ1n) is 8.78. The minimum Gasteiger partial charge on any atom is -0.365 e. The van der Waals surface area contributed by atoms with E-state index >= 15 is 0 Å². The van der Waals surface area contributed by atoms with Gasteiger partial charge >= 0.3 is 0 Å². The Morgan fingerprint density at radius 1 is 1.22 bits per heavy atom. The first kappa shape index (κ1) is 17.5. The number of carbonyl (C=O) groups excluding carboxylic acids is 2. The normalized spacial score (nSPS) is 16.6. The van der Waals surface area contributed by atoms with E-state index in [1.165, 1.54) is 11.3 Å². The van der Waals surface area contributed by atoms with Crippen molar-refractivity contribution in [2.24, 2.45) is 5.73 Å². The van der Waals surface area contributed by atoms with Crippen LogP contribution in [0.3, 0.4) is 0 Å². The van der Waals surface area contributed by atoms with Crippen LogP contribution in [-0.2, 0) is 0 Å². The van der Waals surface area contributed by atoms with Crippen molar-refractivity contribution in [1.82, 2.24) is 10.1 Å². The highest BCUT2D eigenvalue weighted by Gasteiger charge is 2.35. The van der Waals surface area contributed by atoms with E-state index in [0.717, 1.165) is 23.3 Å². The van der Waals surface area contributed by atoms with Gasteiger partial charge in [0.15, 0.2) is 0 Å². The molecule has 3 heterocycles. The molecule has 0 bridgehead atoms. The average molecular weight is 381 g/mol. The van der Waals surface area contributed by atoms with Crippen molar-refractivity contribution in [2.45, 2.75) is 25.8 Å². The molecule has 1 saturated heterocycles. The number of likely N-dealkylation sites (tertiary alicyclic amines) is 1. The summed E-state index contributed by atoms with van der Waals surface area (Å²) in [6.45, 7) is 2.42. The van der Waals surface area contributed by atoms with E-state index in [2.05, 4.69) is 5.16 Å². The van der Waals surface area contributed by atoms with Crippen LogP contribution in [0.15, 0.2) is 47.0 Å². The van der Waals surface area contributed by atoms with E-state index in [1.807, 2.05) is 41.3 Å². The highest BCUT2D eigenvalue weighted by molar-refractivity contribution is 7.14. The van der Waals surface area contributed by atoms with Gasteiger partial charge < -0.3 is 15.2 Å². The highest BCUT2D eigenvalue weighted by Crippen LogP contribution is 2.38. The topological polar surface area (TPSA) is 89.4 Å². The summed E-state index contributed by atoms with van der Waals surface area (Å²) in [7, 11) is 0. The molecule has 2 N–H and O–H groups in total. The van der Waals surface area contributed by atoms with Crippen LogP contribution in [-0.4, -0.2) is 28.4 Å². The van der Waals surface area contributed by atoms with Crippen molar-refractivity contribution in [3.63, 3.8) is 0 Å². The molecule has 7 heteroatoms. The maximum absolute atomic E-state index is 13.4. The summed E-state index contributed by atoms with van der Waals surface area (Å²) in [5, 5.41) is 4.12. The lowest BCUT2D eigenvalue weighted by Gasteiger charge is -2.24. The molecule has 0 saturated carbocycles. The Hall–Kier alpha value is -2.93. The molecule has 1 aromatic carbocycles. The molecule has 2 aromatic heterocycles. The van der Waals surface area contributed by atoms with E-state index in [1.54, 1.807) is 13.0 Å². The number of aryl methyl sites for hydroxylation is 1. The first-order chi connectivity index (χ1) is 13.1. The van der Waals surface area contributed by atoms with Crippen molar-refractivity contribution in [1.29, 1.82) is 0 Å². The maximum Gasteiger partial charge on any atom is 0.260 e. The molecule has 27 heavy (non-hydrogen) atoms. The molecule has 1 aliphatic rings. The second-order valence-electron chi connectivity index (χ2n) is 6.55. The zero-order chi connectivity index (χ0) is 19.0. The molecule has 3 aromatic rings. The number of rotatable bonds is 4. The number of aromatic nitrogens is 1. The van der Waals surface area contributed by atoms with Gasteiger partial charge in [0, 0.05) is 17.0 Å². The predicted octanol–water partition coefficient (Wildman–Crippen LogP) is 3.79. The van der Waals surface area contributed by atoms with Crippen LogP contribution >= 0.6 is 11.3 Å². The zero-order valence-electron chi connectivity index (χ0n) is 14.8. The maximum atomic E-state index is 13.4. The summed E-state index contributed by atoms with van der Waals surface area (Å²) in [6, 6.07) is 13.1. The number of primary amides is 1. The lowest BCUT2D eigenvalue weighted by molar-refractivity contribution is 0.0736. The molecule has 4 rings (SSSR count). The third-order valence-electron chi connectivity index (χ3n) is 4.84. The summed E-state index contributed by atoms with van der Waals surface area (Å²) < 4.78 is 5.35. The quantitative estimate of drug-likeness (QED) is 0.744. The molecule has 0 aliphatic carbocycles. The van der Waals surface area contributed by atoms with Crippen molar-refractivity contribution in [3.8, 4) is 11.3 Å². The van der Waals surface area contributed by atoms with Crippen LogP contribution in [0.2, 0.25) is 0 Å². The standard InChI is InChI=1S/C20H19N3O3S/c1-12-17(18(22-26-12)13-6-3-2-4-7-13)20(25)23-11-5-8-14(23)15-9-10-16(27-15)19(21)24/h2-4,6-7,9-10,14H,5,8,11H2,1H3,(H2,21,24). The Bertz CT molecular complexity index is 993. The first-order valence-corrected chi connectivity index (χ1v) is 9.60. The lowest BCUT2D eigenvalue weighted by Crippen LogP contribution is -2.30. The van der Waals surface area contributed by atoms with E-state index in [-0.39, 0.29) is 11.9 Å². The number of benzene rings is 1. The Balaban J connectivity index is 1.68. The van der Waals surface area contributed by atoms with Gasteiger partial charge in [0.2, 0.25) is 0 Å². The average Bonchev–Trinajstić information content (AvgIpc) is 3.40. The fraction of sp³-hybridized carbons (Fsp3) is 0.250.